The fourth-order valence-electron chi connectivity index (χ4n) is 3.37. The maximum absolute atomic E-state index is 9.80. The molecule has 0 spiro atoms. The zero-order valence-electron chi connectivity index (χ0n) is 20.2. The van der Waals surface area contributed by atoms with E-state index in [1.165, 1.54) is 0 Å². The summed E-state index contributed by atoms with van der Waals surface area (Å²) >= 11 is 0. The maximum atomic E-state index is 9.80. The summed E-state index contributed by atoms with van der Waals surface area (Å²) in [6.07, 6.45) is 9.42. The molecular formula is C26H37N5O2. The SMILES string of the molecule is C=C(C)/C=C\C1C=C(c2ccc(N3CCCC(O)C3)cc2)ON1.CC.Cc1ccnc(N)n1. The number of allylic oxidation sites excluding steroid dienone is 2. The van der Waals surface area contributed by atoms with Gasteiger partial charge in [0.25, 0.3) is 0 Å². The number of aryl methyl sites for hydroxylation is 1. The van der Waals surface area contributed by atoms with Crippen molar-refractivity contribution in [3.8, 4) is 0 Å². The third kappa shape index (κ3) is 8.71. The number of hydroxylamine groups is 1. The Kier molecular flexibility index (Phi) is 10.6. The van der Waals surface area contributed by atoms with E-state index in [0.29, 0.717) is 12.5 Å². The van der Waals surface area contributed by atoms with E-state index in [1.54, 1.807) is 12.3 Å². The topological polar surface area (TPSA) is 96.5 Å². The van der Waals surface area contributed by atoms with Crippen LogP contribution in [0, 0.1) is 6.92 Å². The Morgan fingerprint density at radius 3 is 2.58 bits per heavy atom. The minimum Gasteiger partial charge on any atom is -0.407 e. The zero-order chi connectivity index (χ0) is 24.2. The summed E-state index contributed by atoms with van der Waals surface area (Å²) < 4.78 is 0. The van der Waals surface area contributed by atoms with Gasteiger partial charge in [-0.3, -0.25) is 0 Å². The van der Waals surface area contributed by atoms with Crippen LogP contribution in [0.3, 0.4) is 0 Å². The van der Waals surface area contributed by atoms with Crippen LogP contribution in [0.4, 0.5) is 11.6 Å². The van der Waals surface area contributed by atoms with Crippen molar-refractivity contribution in [1.29, 1.82) is 0 Å². The number of benzene rings is 1. The monoisotopic (exact) mass is 451 g/mol. The highest BCUT2D eigenvalue weighted by Gasteiger charge is 2.19. The summed E-state index contributed by atoms with van der Waals surface area (Å²) in [5.74, 6) is 1.18. The first kappa shape index (κ1) is 26.1. The Balaban J connectivity index is 0.000000323. The number of hydrogen-bond acceptors (Lipinski definition) is 7. The van der Waals surface area contributed by atoms with Gasteiger partial charge >= 0.3 is 0 Å². The van der Waals surface area contributed by atoms with Crippen LogP contribution in [-0.2, 0) is 4.84 Å². The van der Waals surface area contributed by atoms with Gasteiger partial charge in [-0.1, -0.05) is 38.2 Å². The Morgan fingerprint density at radius 1 is 1.27 bits per heavy atom. The molecule has 0 bridgehead atoms. The smallest absolute Gasteiger partial charge is 0.220 e. The molecule has 7 nitrogen and oxygen atoms in total. The first-order chi connectivity index (χ1) is 15.9. The predicted molar refractivity (Wildman–Crippen MR) is 136 cm³/mol. The molecule has 178 valence electrons. The summed E-state index contributed by atoms with van der Waals surface area (Å²) in [5, 5.41) is 9.80. The number of aliphatic hydroxyl groups is 1. The van der Waals surface area contributed by atoms with Crippen molar-refractivity contribution in [2.45, 2.75) is 52.7 Å². The van der Waals surface area contributed by atoms with E-state index in [9.17, 15) is 5.11 Å². The lowest BCUT2D eigenvalue weighted by Crippen LogP contribution is -2.38. The molecule has 0 amide bonds. The molecule has 33 heavy (non-hydrogen) atoms. The number of nitrogen functional groups attached to an aromatic ring is 1. The molecule has 0 aliphatic carbocycles. The van der Waals surface area contributed by atoms with Gasteiger partial charge in [0.2, 0.25) is 5.95 Å². The Bertz CT molecular complexity index is 923. The highest BCUT2D eigenvalue weighted by Crippen LogP contribution is 2.25. The van der Waals surface area contributed by atoms with E-state index in [1.807, 2.05) is 39.8 Å². The number of aliphatic hydroxyl groups excluding tert-OH is 1. The second-order valence-corrected chi connectivity index (χ2v) is 7.83. The molecule has 1 saturated heterocycles. The van der Waals surface area contributed by atoms with Crippen molar-refractivity contribution in [2.75, 3.05) is 23.7 Å². The summed E-state index contributed by atoms with van der Waals surface area (Å²) in [5.41, 5.74) is 12.3. The zero-order valence-corrected chi connectivity index (χ0v) is 20.2. The molecule has 2 aliphatic heterocycles. The van der Waals surface area contributed by atoms with Gasteiger partial charge in [-0.05, 0) is 63.1 Å². The number of anilines is 2. The molecule has 0 radical (unpaired) electrons. The number of nitrogens with zero attached hydrogens (tertiary/aromatic N) is 3. The molecule has 4 N–H and O–H groups in total. The van der Waals surface area contributed by atoms with Gasteiger partial charge in [0.1, 0.15) is 0 Å². The number of nitrogens with one attached hydrogen (secondary N) is 1. The minimum atomic E-state index is -0.214. The van der Waals surface area contributed by atoms with Crippen molar-refractivity contribution in [3.63, 3.8) is 0 Å². The van der Waals surface area contributed by atoms with Gasteiger partial charge in [-0.15, -0.1) is 5.48 Å². The van der Waals surface area contributed by atoms with Gasteiger partial charge in [-0.25, -0.2) is 9.97 Å². The molecule has 4 rings (SSSR count). The second kappa shape index (κ2) is 13.4. The largest absolute Gasteiger partial charge is 0.407 e. The molecule has 0 saturated carbocycles. The summed E-state index contributed by atoms with van der Waals surface area (Å²) in [6, 6.07) is 10.2. The Hall–Kier alpha value is -3.16. The molecule has 2 aliphatic rings. The van der Waals surface area contributed by atoms with Crippen LogP contribution in [0.1, 0.15) is 44.9 Å². The number of aromatic nitrogens is 2. The number of β-amino-alcohol motifs (C(OH)–C–C–N with tert-alkyl or cyclic N) is 1. The second-order valence-electron chi connectivity index (χ2n) is 7.83. The fourth-order valence-corrected chi connectivity index (χ4v) is 3.37. The molecule has 2 aromatic rings. The van der Waals surface area contributed by atoms with Crippen LogP contribution >= 0.6 is 0 Å². The lowest BCUT2D eigenvalue weighted by Gasteiger charge is -2.32. The first-order valence-electron chi connectivity index (χ1n) is 11.5. The summed E-state index contributed by atoms with van der Waals surface area (Å²) in [7, 11) is 0. The number of piperidine rings is 1. The molecule has 1 aromatic heterocycles. The van der Waals surface area contributed by atoms with Crippen molar-refractivity contribution < 1.29 is 9.94 Å². The lowest BCUT2D eigenvalue weighted by molar-refractivity contribution is 0.154. The fraction of sp³-hybridized carbons (Fsp3) is 0.385. The molecule has 2 unspecified atom stereocenters. The van der Waals surface area contributed by atoms with Crippen LogP contribution < -0.4 is 16.1 Å². The molecular weight excluding hydrogens is 414 g/mol. The first-order valence-corrected chi connectivity index (χ1v) is 11.5. The highest BCUT2D eigenvalue weighted by atomic mass is 16.7. The van der Waals surface area contributed by atoms with E-state index >= 15 is 0 Å². The standard InChI is InChI=1S/C19H24N2O2.C5H7N3.C2H6/c1-14(2)5-8-16-12-19(23-20-16)15-6-9-17(10-7-15)21-11-3-4-18(22)13-21;1-4-2-3-7-5(6)8-4;1-2/h5-10,12,16,18,20,22H,1,3-4,11,13H2,2H3;2-3H,1H3,(H2,6,7,8);1-2H3/b8-5-;;. The normalized spacial score (nSPS) is 19.5. The van der Waals surface area contributed by atoms with Crippen LogP contribution in [0.5, 0.6) is 0 Å². The molecule has 2 atom stereocenters. The lowest BCUT2D eigenvalue weighted by atomic mass is 10.1. The third-order valence-electron chi connectivity index (χ3n) is 4.95. The molecule has 1 fully saturated rings. The van der Waals surface area contributed by atoms with Crippen molar-refractivity contribution >= 4 is 17.4 Å². The molecule has 1 aromatic carbocycles. The van der Waals surface area contributed by atoms with E-state index in [0.717, 1.165) is 47.7 Å². The number of hydrogen-bond donors (Lipinski definition) is 3. The maximum Gasteiger partial charge on any atom is 0.220 e. The average molecular weight is 452 g/mol. The molecule has 3 heterocycles. The van der Waals surface area contributed by atoms with Crippen molar-refractivity contribution in [3.05, 3.63) is 78.2 Å². The summed E-state index contributed by atoms with van der Waals surface area (Å²) in [4.78, 5) is 15.3. The van der Waals surface area contributed by atoms with E-state index in [-0.39, 0.29) is 12.1 Å². The van der Waals surface area contributed by atoms with Crippen molar-refractivity contribution in [1.82, 2.24) is 15.4 Å². The Labute approximate surface area is 197 Å². The van der Waals surface area contributed by atoms with Gasteiger partial charge in [0.15, 0.2) is 5.76 Å². The van der Waals surface area contributed by atoms with Crippen LogP contribution in [0.2, 0.25) is 0 Å². The van der Waals surface area contributed by atoms with Crippen LogP contribution in [0.25, 0.3) is 5.76 Å². The Morgan fingerprint density at radius 2 is 2.00 bits per heavy atom. The van der Waals surface area contributed by atoms with Gasteiger partial charge in [-0.2, -0.15) is 0 Å². The number of rotatable bonds is 4. The van der Waals surface area contributed by atoms with Crippen LogP contribution in [-0.4, -0.2) is 40.3 Å². The van der Waals surface area contributed by atoms with Crippen molar-refractivity contribution in [2.24, 2.45) is 0 Å². The van der Waals surface area contributed by atoms with E-state index < -0.39 is 0 Å². The van der Waals surface area contributed by atoms with Gasteiger partial charge in [0.05, 0.1) is 12.1 Å². The third-order valence-corrected chi connectivity index (χ3v) is 4.95. The molecule has 7 heteroatoms. The predicted octanol–water partition coefficient (Wildman–Crippen LogP) is 4.42. The quantitative estimate of drug-likeness (QED) is 0.592. The average Bonchev–Trinajstić information content (AvgIpc) is 3.29. The van der Waals surface area contributed by atoms with Gasteiger partial charge in [0, 0.05) is 36.2 Å². The van der Waals surface area contributed by atoms with E-state index in [4.69, 9.17) is 10.6 Å². The van der Waals surface area contributed by atoms with Crippen LogP contribution in [0.15, 0.2) is 66.9 Å². The number of nitrogens with two attached hydrogens (primary N) is 1. The van der Waals surface area contributed by atoms with E-state index in [2.05, 4.69) is 57.3 Å². The van der Waals surface area contributed by atoms with Gasteiger partial charge < -0.3 is 20.6 Å². The summed E-state index contributed by atoms with van der Waals surface area (Å²) in [6.45, 7) is 13.4. The minimum absolute atomic E-state index is 0.0682. The highest BCUT2D eigenvalue weighted by molar-refractivity contribution is 5.64.